The van der Waals surface area contributed by atoms with E-state index in [1.54, 1.807) is 24.3 Å². The zero-order valence-electron chi connectivity index (χ0n) is 9.93. The lowest BCUT2D eigenvalue weighted by Crippen LogP contribution is -2.30. The highest BCUT2D eigenvalue weighted by Crippen LogP contribution is 2.29. The average molecular weight is 248 g/mol. The molecular weight excluding hydrogens is 232 g/mol. The van der Waals surface area contributed by atoms with Crippen molar-refractivity contribution < 1.29 is 14.7 Å². The van der Waals surface area contributed by atoms with Crippen molar-refractivity contribution in [1.29, 1.82) is 0 Å². The number of anilines is 1. The molecule has 1 aromatic rings. The summed E-state index contributed by atoms with van der Waals surface area (Å²) in [5.41, 5.74) is 6.30. The molecule has 1 aliphatic carbocycles. The van der Waals surface area contributed by atoms with Crippen molar-refractivity contribution in [2.75, 3.05) is 5.32 Å². The van der Waals surface area contributed by atoms with E-state index in [2.05, 4.69) is 5.32 Å². The third-order valence-electron chi connectivity index (χ3n) is 3.37. The highest BCUT2D eigenvalue weighted by molar-refractivity contribution is 5.98. The minimum atomic E-state index is -0.790. The highest BCUT2D eigenvalue weighted by Gasteiger charge is 2.33. The molecule has 2 atom stereocenters. The Bertz CT molecular complexity index is 473. The molecule has 5 nitrogen and oxygen atoms in total. The summed E-state index contributed by atoms with van der Waals surface area (Å²) < 4.78 is 0. The zero-order chi connectivity index (χ0) is 13.1. The summed E-state index contributed by atoms with van der Waals surface area (Å²) >= 11 is 0. The smallest absolute Gasteiger partial charge is 0.308 e. The molecular formula is C13H16N2O3. The first-order valence-corrected chi connectivity index (χ1v) is 5.98. The third-order valence-corrected chi connectivity index (χ3v) is 3.37. The van der Waals surface area contributed by atoms with Gasteiger partial charge in [-0.15, -0.1) is 0 Å². The van der Waals surface area contributed by atoms with E-state index < -0.39 is 17.8 Å². The van der Waals surface area contributed by atoms with E-state index in [9.17, 15) is 9.59 Å². The molecule has 18 heavy (non-hydrogen) atoms. The van der Waals surface area contributed by atoms with Gasteiger partial charge in [0, 0.05) is 11.7 Å². The number of nitrogens with one attached hydrogen (secondary N) is 1. The predicted octanol–water partition coefficient (Wildman–Crippen LogP) is 1.45. The molecule has 1 aliphatic rings. The lowest BCUT2D eigenvalue weighted by molar-refractivity contribution is -0.141. The van der Waals surface area contributed by atoms with Crippen LogP contribution in [0.2, 0.25) is 0 Å². The van der Waals surface area contributed by atoms with Gasteiger partial charge in [0.05, 0.1) is 11.5 Å². The van der Waals surface area contributed by atoms with Gasteiger partial charge in [-0.05, 0) is 25.0 Å². The molecule has 2 rings (SSSR count). The molecule has 0 heterocycles. The predicted molar refractivity (Wildman–Crippen MR) is 67.3 cm³/mol. The van der Waals surface area contributed by atoms with Gasteiger partial charge in [0.2, 0.25) is 0 Å². The Morgan fingerprint density at radius 2 is 2.00 bits per heavy atom. The minimum absolute atomic E-state index is 0.136. The maximum Gasteiger partial charge on any atom is 0.308 e. The lowest BCUT2D eigenvalue weighted by atomic mass is 10.0. The van der Waals surface area contributed by atoms with E-state index in [1.807, 2.05) is 0 Å². The number of hydrogen-bond donors (Lipinski definition) is 3. The number of benzene rings is 1. The zero-order valence-corrected chi connectivity index (χ0v) is 9.93. The molecule has 4 N–H and O–H groups in total. The summed E-state index contributed by atoms with van der Waals surface area (Å²) in [7, 11) is 0. The summed E-state index contributed by atoms with van der Waals surface area (Å²) in [5, 5.41) is 12.2. The van der Waals surface area contributed by atoms with Crippen LogP contribution in [-0.2, 0) is 4.79 Å². The van der Waals surface area contributed by atoms with Crippen molar-refractivity contribution in [1.82, 2.24) is 0 Å². The second-order valence-electron chi connectivity index (χ2n) is 4.54. The second-order valence-corrected chi connectivity index (χ2v) is 4.54. The fraction of sp³-hybridized carbons (Fsp3) is 0.385. The van der Waals surface area contributed by atoms with Gasteiger partial charge in [0.25, 0.3) is 5.91 Å². The van der Waals surface area contributed by atoms with Crippen LogP contribution in [0.5, 0.6) is 0 Å². The number of hydrogen-bond acceptors (Lipinski definition) is 3. The number of nitrogens with two attached hydrogens (primary N) is 1. The maximum absolute atomic E-state index is 11.3. The maximum atomic E-state index is 11.3. The van der Waals surface area contributed by atoms with E-state index in [4.69, 9.17) is 10.8 Å². The lowest BCUT2D eigenvalue weighted by Gasteiger charge is -2.20. The summed E-state index contributed by atoms with van der Waals surface area (Å²) in [6.45, 7) is 0. The van der Waals surface area contributed by atoms with Gasteiger partial charge in [-0.2, -0.15) is 0 Å². The largest absolute Gasteiger partial charge is 0.481 e. The van der Waals surface area contributed by atoms with Crippen LogP contribution in [0.25, 0.3) is 0 Å². The molecule has 0 saturated heterocycles. The number of carboxylic acids is 1. The van der Waals surface area contributed by atoms with Crippen LogP contribution in [0, 0.1) is 5.92 Å². The van der Waals surface area contributed by atoms with Gasteiger partial charge >= 0.3 is 5.97 Å². The van der Waals surface area contributed by atoms with Crippen LogP contribution in [0.15, 0.2) is 24.3 Å². The number of primary amides is 1. The Morgan fingerprint density at radius 1 is 1.28 bits per heavy atom. The Kier molecular flexibility index (Phi) is 3.50. The van der Waals surface area contributed by atoms with Gasteiger partial charge in [0.15, 0.2) is 0 Å². The summed E-state index contributed by atoms with van der Waals surface area (Å²) in [4.78, 5) is 22.4. The second kappa shape index (κ2) is 5.08. The van der Waals surface area contributed by atoms with E-state index in [0.29, 0.717) is 17.7 Å². The normalized spacial score (nSPS) is 22.7. The number of amides is 1. The van der Waals surface area contributed by atoms with Crippen molar-refractivity contribution >= 4 is 17.6 Å². The molecule has 2 unspecified atom stereocenters. The first-order chi connectivity index (χ1) is 8.59. The first kappa shape index (κ1) is 12.4. The van der Waals surface area contributed by atoms with Crippen LogP contribution in [0.3, 0.4) is 0 Å². The molecule has 5 heteroatoms. The van der Waals surface area contributed by atoms with Crippen LogP contribution < -0.4 is 11.1 Å². The SMILES string of the molecule is NC(=O)c1ccccc1NC1CCCC1C(=O)O. The topological polar surface area (TPSA) is 92.4 Å². The third kappa shape index (κ3) is 2.45. The van der Waals surface area contributed by atoms with Gasteiger partial charge in [0.1, 0.15) is 0 Å². The Morgan fingerprint density at radius 3 is 2.67 bits per heavy atom. The molecule has 1 saturated carbocycles. The molecule has 96 valence electrons. The van der Waals surface area contributed by atoms with E-state index in [0.717, 1.165) is 12.8 Å². The van der Waals surface area contributed by atoms with Gasteiger partial charge < -0.3 is 16.2 Å². The van der Waals surface area contributed by atoms with Gasteiger partial charge in [-0.3, -0.25) is 9.59 Å². The van der Waals surface area contributed by atoms with Crippen molar-refractivity contribution in [2.24, 2.45) is 11.7 Å². The van der Waals surface area contributed by atoms with Crippen LogP contribution in [0.4, 0.5) is 5.69 Å². The molecule has 0 bridgehead atoms. The Balaban J connectivity index is 2.19. The highest BCUT2D eigenvalue weighted by atomic mass is 16.4. The fourth-order valence-corrected chi connectivity index (χ4v) is 2.45. The molecule has 1 aromatic carbocycles. The van der Waals surface area contributed by atoms with Gasteiger partial charge in [-0.1, -0.05) is 18.6 Å². The standard InChI is InChI=1S/C13H16N2O3/c14-12(16)8-4-1-2-6-10(8)15-11-7-3-5-9(11)13(17)18/h1-2,4,6,9,11,15H,3,5,7H2,(H2,14,16)(H,17,18). The monoisotopic (exact) mass is 248 g/mol. The van der Waals surface area contributed by atoms with Crippen molar-refractivity contribution in [2.45, 2.75) is 25.3 Å². The van der Waals surface area contributed by atoms with Crippen LogP contribution in [-0.4, -0.2) is 23.0 Å². The van der Waals surface area contributed by atoms with Crippen LogP contribution >= 0.6 is 0 Å². The number of carbonyl (C=O) groups excluding carboxylic acids is 1. The number of carboxylic acid groups (broad SMARTS) is 1. The molecule has 0 aliphatic heterocycles. The number of para-hydroxylation sites is 1. The van der Waals surface area contributed by atoms with Crippen molar-refractivity contribution in [3.63, 3.8) is 0 Å². The van der Waals surface area contributed by atoms with Crippen molar-refractivity contribution in [3.8, 4) is 0 Å². The van der Waals surface area contributed by atoms with E-state index in [1.165, 1.54) is 0 Å². The Labute approximate surface area is 105 Å². The first-order valence-electron chi connectivity index (χ1n) is 5.98. The van der Waals surface area contributed by atoms with E-state index in [-0.39, 0.29) is 6.04 Å². The number of aliphatic carboxylic acids is 1. The molecule has 1 amide bonds. The minimum Gasteiger partial charge on any atom is -0.481 e. The summed E-state index contributed by atoms with van der Waals surface area (Å²) in [5.74, 6) is -1.70. The molecule has 0 aromatic heterocycles. The van der Waals surface area contributed by atoms with Crippen LogP contribution in [0.1, 0.15) is 29.6 Å². The molecule has 0 spiro atoms. The summed E-state index contributed by atoms with van der Waals surface area (Å²) in [6.07, 6.45) is 2.35. The quantitative estimate of drug-likeness (QED) is 0.752. The number of rotatable bonds is 4. The average Bonchev–Trinajstić information content (AvgIpc) is 2.77. The van der Waals surface area contributed by atoms with Crippen molar-refractivity contribution in [3.05, 3.63) is 29.8 Å². The number of carbonyl (C=O) groups is 2. The van der Waals surface area contributed by atoms with E-state index >= 15 is 0 Å². The van der Waals surface area contributed by atoms with Gasteiger partial charge in [-0.25, -0.2) is 0 Å². The fourth-order valence-electron chi connectivity index (χ4n) is 2.45. The molecule has 0 radical (unpaired) electrons. The summed E-state index contributed by atoms with van der Waals surface area (Å²) in [6, 6.07) is 6.77. The Hall–Kier alpha value is -2.04. The molecule has 1 fully saturated rings.